The Balaban J connectivity index is 1.68. The molecule has 0 N–H and O–H groups in total. The Morgan fingerprint density at radius 1 is 1.18 bits per heavy atom. The molecule has 118 valence electrons. The van der Waals surface area contributed by atoms with E-state index in [0.717, 1.165) is 37.4 Å². The molecule has 0 spiro atoms. The van der Waals surface area contributed by atoms with Crippen molar-refractivity contribution in [2.75, 3.05) is 44.7 Å². The van der Waals surface area contributed by atoms with Gasteiger partial charge in [-0.2, -0.15) is 0 Å². The second kappa shape index (κ2) is 6.08. The van der Waals surface area contributed by atoms with Gasteiger partial charge in [0.05, 0.1) is 5.92 Å². The van der Waals surface area contributed by atoms with Crippen molar-refractivity contribution in [3.8, 4) is 0 Å². The van der Waals surface area contributed by atoms with Gasteiger partial charge in [-0.1, -0.05) is 12.1 Å². The predicted octanol–water partition coefficient (Wildman–Crippen LogP) is 1.12. The third-order valence-electron chi connectivity index (χ3n) is 4.60. The third kappa shape index (κ3) is 2.99. The molecule has 2 aliphatic rings. The highest BCUT2D eigenvalue weighted by Gasteiger charge is 2.37. The summed E-state index contributed by atoms with van der Waals surface area (Å²) in [4.78, 5) is 30.8. The van der Waals surface area contributed by atoms with Crippen LogP contribution in [0.4, 0.5) is 5.69 Å². The number of likely N-dealkylation sites (N-methyl/N-ethyl adjacent to an activating group) is 1. The molecule has 2 fully saturated rings. The molecule has 5 heteroatoms. The first kappa shape index (κ1) is 15.0. The smallest absolute Gasteiger partial charge is 0.228 e. The van der Waals surface area contributed by atoms with Crippen LogP contribution in [0.25, 0.3) is 0 Å². The molecule has 1 atom stereocenters. The molecule has 2 aliphatic heterocycles. The number of amides is 2. The van der Waals surface area contributed by atoms with E-state index in [1.54, 1.807) is 4.90 Å². The van der Waals surface area contributed by atoms with Gasteiger partial charge in [0, 0.05) is 44.8 Å². The van der Waals surface area contributed by atoms with Gasteiger partial charge in [0.1, 0.15) is 0 Å². The molecule has 5 nitrogen and oxygen atoms in total. The highest BCUT2D eigenvalue weighted by molar-refractivity contribution is 6.00. The monoisotopic (exact) mass is 301 g/mol. The van der Waals surface area contributed by atoms with Crippen LogP contribution < -0.4 is 4.90 Å². The van der Waals surface area contributed by atoms with E-state index in [1.807, 2.05) is 36.1 Å². The number of hydrogen-bond acceptors (Lipinski definition) is 3. The van der Waals surface area contributed by atoms with Gasteiger partial charge in [0.2, 0.25) is 11.8 Å². The van der Waals surface area contributed by atoms with E-state index in [2.05, 4.69) is 11.9 Å². The normalized spacial score (nSPS) is 23.2. The first-order valence-electron chi connectivity index (χ1n) is 7.89. The largest absolute Gasteiger partial charge is 0.340 e. The van der Waals surface area contributed by atoms with E-state index in [9.17, 15) is 9.59 Å². The van der Waals surface area contributed by atoms with Gasteiger partial charge in [0.25, 0.3) is 0 Å². The maximum absolute atomic E-state index is 12.6. The quantitative estimate of drug-likeness (QED) is 0.822. The summed E-state index contributed by atoms with van der Waals surface area (Å²) < 4.78 is 0. The van der Waals surface area contributed by atoms with E-state index in [1.165, 1.54) is 0 Å². The van der Waals surface area contributed by atoms with Crippen molar-refractivity contribution in [3.63, 3.8) is 0 Å². The third-order valence-corrected chi connectivity index (χ3v) is 4.60. The second-order valence-corrected chi connectivity index (χ2v) is 6.37. The Morgan fingerprint density at radius 2 is 1.91 bits per heavy atom. The molecule has 1 aromatic carbocycles. The fourth-order valence-corrected chi connectivity index (χ4v) is 3.20. The Morgan fingerprint density at radius 3 is 2.59 bits per heavy atom. The Labute approximate surface area is 131 Å². The molecule has 2 heterocycles. The number of hydrogen-bond donors (Lipinski definition) is 0. The lowest BCUT2D eigenvalue weighted by Gasteiger charge is -2.33. The lowest BCUT2D eigenvalue weighted by Crippen LogP contribution is -2.49. The highest BCUT2D eigenvalue weighted by Crippen LogP contribution is 2.27. The molecule has 22 heavy (non-hydrogen) atoms. The standard InChI is InChI=1S/C17H23N3O2/c1-13-4-3-5-15(10-13)20-12-14(11-16(20)21)17(22)19-8-6-18(2)7-9-19/h3-5,10,14H,6-9,11-12H2,1-2H3. The lowest BCUT2D eigenvalue weighted by molar-refractivity contribution is -0.137. The van der Waals surface area contributed by atoms with Crippen LogP contribution in [-0.4, -0.2) is 61.4 Å². The van der Waals surface area contributed by atoms with Crippen LogP contribution in [0.2, 0.25) is 0 Å². The summed E-state index contributed by atoms with van der Waals surface area (Å²) >= 11 is 0. The van der Waals surface area contributed by atoms with E-state index >= 15 is 0 Å². The zero-order valence-corrected chi connectivity index (χ0v) is 13.3. The lowest BCUT2D eigenvalue weighted by atomic mass is 10.1. The van der Waals surface area contributed by atoms with Crippen molar-refractivity contribution in [3.05, 3.63) is 29.8 Å². The predicted molar refractivity (Wildman–Crippen MR) is 85.7 cm³/mol. The van der Waals surface area contributed by atoms with Crippen LogP contribution in [0, 0.1) is 12.8 Å². The van der Waals surface area contributed by atoms with Gasteiger partial charge in [-0.05, 0) is 31.7 Å². The number of carbonyl (C=O) groups excluding carboxylic acids is 2. The summed E-state index contributed by atoms with van der Waals surface area (Å²) in [6.45, 7) is 5.88. The number of benzene rings is 1. The van der Waals surface area contributed by atoms with Gasteiger partial charge < -0.3 is 14.7 Å². The van der Waals surface area contributed by atoms with Gasteiger partial charge in [-0.3, -0.25) is 9.59 Å². The summed E-state index contributed by atoms with van der Waals surface area (Å²) in [5, 5.41) is 0. The fourth-order valence-electron chi connectivity index (χ4n) is 3.20. The van der Waals surface area contributed by atoms with Crippen LogP contribution >= 0.6 is 0 Å². The molecular formula is C17H23N3O2. The number of carbonyl (C=O) groups is 2. The van der Waals surface area contributed by atoms with Crippen molar-refractivity contribution >= 4 is 17.5 Å². The Kier molecular flexibility index (Phi) is 4.16. The minimum Gasteiger partial charge on any atom is -0.340 e. The molecule has 0 aliphatic carbocycles. The number of nitrogens with zero attached hydrogens (tertiary/aromatic N) is 3. The number of anilines is 1. The molecular weight excluding hydrogens is 278 g/mol. The van der Waals surface area contributed by atoms with E-state index in [-0.39, 0.29) is 17.7 Å². The minimum atomic E-state index is -0.198. The van der Waals surface area contributed by atoms with Crippen LogP contribution in [-0.2, 0) is 9.59 Å². The molecule has 0 radical (unpaired) electrons. The molecule has 2 amide bonds. The van der Waals surface area contributed by atoms with Crippen molar-refractivity contribution in [2.24, 2.45) is 5.92 Å². The van der Waals surface area contributed by atoms with E-state index < -0.39 is 0 Å². The Bertz CT molecular complexity index is 579. The highest BCUT2D eigenvalue weighted by atomic mass is 16.2. The molecule has 0 bridgehead atoms. The van der Waals surface area contributed by atoms with Gasteiger partial charge in [-0.15, -0.1) is 0 Å². The van der Waals surface area contributed by atoms with Gasteiger partial charge >= 0.3 is 0 Å². The van der Waals surface area contributed by atoms with E-state index in [4.69, 9.17) is 0 Å². The number of rotatable bonds is 2. The van der Waals surface area contributed by atoms with E-state index in [0.29, 0.717) is 13.0 Å². The maximum Gasteiger partial charge on any atom is 0.228 e. The second-order valence-electron chi connectivity index (χ2n) is 6.37. The number of aryl methyl sites for hydroxylation is 1. The zero-order valence-electron chi connectivity index (χ0n) is 13.3. The van der Waals surface area contributed by atoms with Crippen LogP contribution in [0.1, 0.15) is 12.0 Å². The number of piperazine rings is 1. The Hall–Kier alpha value is -1.88. The van der Waals surface area contributed by atoms with Crippen LogP contribution in [0.15, 0.2) is 24.3 Å². The molecule has 1 unspecified atom stereocenters. The van der Waals surface area contributed by atoms with Crippen molar-refractivity contribution < 1.29 is 9.59 Å². The minimum absolute atomic E-state index is 0.0538. The van der Waals surface area contributed by atoms with Crippen molar-refractivity contribution in [1.82, 2.24) is 9.80 Å². The average Bonchev–Trinajstić information content (AvgIpc) is 2.89. The first-order chi connectivity index (χ1) is 10.5. The van der Waals surface area contributed by atoms with Crippen molar-refractivity contribution in [1.29, 1.82) is 0 Å². The average molecular weight is 301 g/mol. The van der Waals surface area contributed by atoms with Crippen LogP contribution in [0.3, 0.4) is 0 Å². The fraction of sp³-hybridized carbons (Fsp3) is 0.529. The molecule has 3 rings (SSSR count). The molecule has 0 saturated carbocycles. The van der Waals surface area contributed by atoms with Crippen molar-refractivity contribution in [2.45, 2.75) is 13.3 Å². The summed E-state index contributed by atoms with van der Waals surface area (Å²) in [7, 11) is 2.07. The van der Waals surface area contributed by atoms with Crippen LogP contribution in [0.5, 0.6) is 0 Å². The first-order valence-corrected chi connectivity index (χ1v) is 7.89. The summed E-state index contributed by atoms with van der Waals surface area (Å²) in [6.07, 6.45) is 0.332. The molecule has 1 aromatic rings. The summed E-state index contributed by atoms with van der Waals surface area (Å²) in [5.41, 5.74) is 2.03. The SMILES string of the molecule is Cc1cccc(N2CC(C(=O)N3CCN(C)CC3)CC2=O)c1. The topological polar surface area (TPSA) is 43.9 Å². The summed E-state index contributed by atoms with van der Waals surface area (Å²) in [6, 6.07) is 7.90. The van der Waals surface area contributed by atoms with Gasteiger partial charge in [-0.25, -0.2) is 0 Å². The molecule has 2 saturated heterocycles. The summed E-state index contributed by atoms with van der Waals surface area (Å²) in [5.74, 6) is -0.00824. The van der Waals surface area contributed by atoms with Gasteiger partial charge in [0.15, 0.2) is 0 Å². The maximum atomic E-state index is 12.6. The zero-order chi connectivity index (χ0) is 15.7. The molecule has 0 aromatic heterocycles.